The first-order valence-electron chi connectivity index (χ1n) is 10.9. The molecule has 1 aromatic carbocycles. The molecule has 0 spiro atoms. The van der Waals surface area contributed by atoms with Crippen LogP contribution in [-0.2, 0) is 11.8 Å². The van der Waals surface area contributed by atoms with Crippen molar-refractivity contribution in [3.63, 3.8) is 0 Å². The highest BCUT2D eigenvalue weighted by molar-refractivity contribution is 5.97. The number of carbonyl (C=O) groups is 1. The molecule has 7 heteroatoms. The predicted molar refractivity (Wildman–Crippen MR) is 119 cm³/mol. The number of fused-ring (bicyclic) bond motifs is 1. The van der Waals surface area contributed by atoms with E-state index >= 15 is 0 Å². The van der Waals surface area contributed by atoms with Crippen LogP contribution in [0, 0.1) is 6.92 Å². The summed E-state index contributed by atoms with van der Waals surface area (Å²) in [6.45, 7) is 9.24. The quantitative estimate of drug-likeness (QED) is 0.637. The molecule has 7 nitrogen and oxygen atoms in total. The number of nitrogens with one attached hydrogen (secondary N) is 1. The third kappa shape index (κ3) is 5.40. The van der Waals surface area contributed by atoms with E-state index in [-0.39, 0.29) is 17.0 Å². The molecule has 1 aliphatic heterocycles. The maximum atomic E-state index is 12.8. The van der Waals surface area contributed by atoms with Gasteiger partial charge in [0.2, 0.25) is 0 Å². The first-order valence-corrected chi connectivity index (χ1v) is 10.9. The third-order valence-corrected chi connectivity index (χ3v) is 5.59. The maximum Gasteiger partial charge on any atom is 0.263 e. The van der Waals surface area contributed by atoms with Crippen molar-refractivity contribution < 1.29 is 14.3 Å². The van der Waals surface area contributed by atoms with Crippen LogP contribution in [-0.4, -0.2) is 61.4 Å². The van der Waals surface area contributed by atoms with Crippen molar-refractivity contribution >= 4 is 16.8 Å². The molecule has 1 amide bonds. The summed E-state index contributed by atoms with van der Waals surface area (Å²) < 4.78 is 12.8. The Morgan fingerprint density at radius 2 is 1.97 bits per heavy atom. The lowest BCUT2D eigenvalue weighted by Gasteiger charge is -2.26. The average molecular weight is 416 g/mol. The van der Waals surface area contributed by atoms with Crippen molar-refractivity contribution in [1.82, 2.24) is 14.8 Å². The maximum absolute atomic E-state index is 12.8. The molecule has 1 fully saturated rings. The van der Waals surface area contributed by atoms with Crippen molar-refractivity contribution in [2.24, 2.45) is 7.05 Å². The Morgan fingerprint density at radius 3 is 2.70 bits per heavy atom. The van der Waals surface area contributed by atoms with Crippen LogP contribution in [0.1, 0.15) is 42.1 Å². The van der Waals surface area contributed by atoms with E-state index in [4.69, 9.17) is 9.47 Å². The number of morpholine rings is 1. The predicted octanol–water partition coefficient (Wildman–Crippen LogP) is 2.48. The fraction of sp³-hybridized carbons (Fsp3) is 0.565. The van der Waals surface area contributed by atoms with Gasteiger partial charge in [-0.25, -0.2) is 0 Å². The van der Waals surface area contributed by atoms with Crippen molar-refractivity contribution in [3.05, 3.63) is 39.7 Å². The molecule has 2 heterocycles. The molecule has 0 saturated carbocycles. The molecule has 3 rings (SSSR count). The Kier molecular flexibility index (Phi) is 7.87. The second-order valence-electron chi connectivity index (χ2n) is 7.86. The number of amides is 1. The Labute approximate surface area is 178 Å². The van der Waals surface area contributed by atoms with E-state index in [1.54, 1.807) is 17.7 Å². The minimum Gasteiger partial charge on any atom is -0.493 e. The summed E-state index contributed by atoms with van der Waals surface area (Å²) >= 11 is 0. The zero-order valence-electron chi connectivity index (χ0n) is 18.3. The second-order valence-corrected chi connectivity index (χ2v) is 7.86. The highest BCUT2D eigenvalue weighted by atomic mass is 16.5. The van der Waals surface area contributed by atoms with Crippen molar-refractivity contribution in [3.8, 4) is 5.75 Å². The van der Waals surface area contributed by atoms with E-state index < -0.39 is 0 Å². The molecule has 1 N–H and O–H groups in total. The largest absolute Gasteiger partial charge is 0.493 e. The molecular formula is C23H33N3O4. The van der Waals surface area contributed by atoms with Crippen LogP contribution < -0.4 is 15.6 Å². The monoisotopic (exact) mass is 415 g/mol. The molecule has 0 unspecified atom stereocenters. The summed E-state index contributed by atoms with van der Waals surface area (Å²) in [5.74, 6) is 0.465. The van der Waals surface area contributed by atoms with Gasteiger partial charge in [0.25, 0.3) is 11.5 Å². The van der Waals surface area contributed by atoms with Gasteiger partial charge in [-0.05, 0) is 37.1 Å². The highest BCUT2D eigenvalue weighted by Gasteiger charge is 2.16. The van der Waals surface area contributed by atoms with Crippen LogP contribution >= 0.6 is 0 Å². The number of nitrogens with zero attached hydrogens (tertiary/aromatic N) is 2. The normalized spacial score (nSPS) is 14.8. The number of aromatic nitrogens is 1. The lowest BCUT2D eigenvalue weighted by atomic mass is 10.1. The molecular weight excluding hydrogens is 382 g/mol. The minimum atomic E-state index is -0.336. The smallest absolute Gasteiger partial charge is 0.263 e. The zero-order valence-corrected chi connectivity index (χ0v) is 18.3. The van der Waals surface area contributed by atoms with Gasteiger partial charge in [-0.3, -0.25) is 14.5 Å². The SMILES string of the molecule is CCCCCOc1cc2cc(C(=O)NCCN3CCOCC3)c(=O)n(C)c2cc1C. The highest BCUT2D eigenvalue weighted by Crippen LogP contribution is 2.25. The lowest BCUT2D eigenvalue weighted by Crippen LogP contribution is -2.42. The Balaban J connectivity index is 1.74. The number of hydrogen-bond acceptors (Lipinski definition) is 5. The summed E-state index contributed by atoms with van der Waals surface area (Å²) in [6.07, 6.45) is 3.29. The van der Waals surface area contributed by atoms with Gasteiger partial charge in [0.1, 0.15) is 11.3 Å². The van der Waals surface area contributed by atoms with Gasteiger partial charge in [0.15, 0.2) is 0 Å². The van der Waals surface area contributed by atoms with Gasteiger partial charge in [-0.2, -0.15) is 0 Å². The topological polar surface area (TPSA) is 72.8 Å². The zero-order chi connectivity index (χ0) is 21.5. The number of hydrogen-bond donors (Lipinski definition) is 1. The molecule has 1 aliphatic rings. The minimum absolute atomic E-state index is 0.160. The lowest BCUT2D eigenvalue weighted by molar-refractivity contribution is 0.0383. The van der Waals surface area contributed by atoms with Crippen LogP contribution in [0.5, 0.6) is 5.75 Å². The number of benzene rings is 1. The van der Waals surface area contributed by atoms with E-state index in [1.165, 1.54) is 0 Å². The van der Waals surface area contributed by atoms with Crippen LogP contribution in [0.4, 0.5) is 0 Å². The Bertz CT molecular complexity index is 932. The molecule has 164 valence electrons. The molecule has 2 aromatic rings. The number of pyridine rings is 1. The van der Waals surface area contributed by atoms with Gasteiger partial charge >= 0.3 is 0 Å². The summed E-state index contributed by atoms with van der Waals surface area (Å²) in [6, 6.07) is 5.56. The number of carbonyl (C=O) groups excluding carboxylic acids is 1. The summed E-state index contributed by atoms with van der Waals surface area (Å²) in [4.78, 5) is 27.7. The van der Waals surface area contributed by atoms with E-state index in [0.717, 1.165) is 74.3 Å². The molecule has 30 heavy (non-hydrogen) atoms. The van der Waals surface area contributed by atoms with Gasteiger partial charge in [0, 0.05) is 38.6 Å². The molecule has 0 aliphatic carbocycles. The van der Waals surface area contributed by atoms with E-state index in [9.17, 15) is 9.59 Å². The Morgan fingerprint density at radius 1 is 1.20 bits per heavy atom. The van der Waals surface area contributed by atoms with Crippen molar-refractivity contribution in [2.75, 3.05) is 46.0 Å². The van der Waals surface area contributed by atoms with Crippen LogP contribution in [0.2, 0.25) is 0 Å². The van der Waals surface area contributed by atoms with E-state index in [1.807, 2.05) is 19.1 Å². The summed E-state index contributed by atoms with van der Waals surface area (Å²) in [5.41, 5.74) is 1.65. The van der Waals surface area contributed by atoms with Crippen LogP contribution in [0.25, 0.3) is 10.9 Å². The van der Waals surface area contributed by atoms with Crippen molar-refractivity contribution in [2.45, 2.75) is 33.1 Å². The number of aryl methyl sites for hydroxylation is 2. The molecule has 0 atom stereocenters. The summed E-state index contributed by atoms with van der Waals surface area (Å²) in [5, 5.41) is 3.71. The molecule has 1 saturated heterocycles. The summed E-state index contributed by atoms with van der Waals surface area (Å²) in [7, 11) is 1.70. The fourth-order valence-electron chi connectivity index (χ4n) is 3.70. The molecule has 1 aromatic heterocycles. The van der Waals surface area contributed by atoms with Gasteiger partial charge < -0.3 is 19.4 Å². The van der Waals surface area contributed by atoms with E-state index in [2.05, 4.69) is 17.1 Å². The number of rotatable bonds is 9. The van der Waals surface area contributed by atoms with Gasteiger partial charge in [0.05, 0.1) is 25.3 Å². The average Bonchev–Trinajstić information content (AvgIpc) is 2.75. The van der Waals surface area contributed by atoms with Crippen LogP contribution in [0.15, 0.2) is 23.0 Å². The van der Waals surface area contributed by atoms with Gasteiger partial charge in [-0.1, -0.05) is 19.8 Å². The first kappa shape index (κ1) is 22.3. The second kappa shape index (κ2) is 10.6. The Hall–Kier alpha value is -2.38. The van der Waals surface area contributed by atoms with E-state index in [0.29, 0.717) is 13.2 Å². The number of unbranched alkanes of at least 4 members (excludes halogenated alkanes) is 2. The van der Waals surface area contributed by atoms with Crippen molar-refractivity contribution in [1.29, 1.82) is 0 Å². The number of ether oxygens (including phenoxy) is 2. The molecule has 0 bridgehead atoms. The first-order chi connectivity index (χ1) is 14.5. The standard InChI is InChI=1S/C23H33N3O4/c1-4-5-6-11-30-21-16-18-15-19(23(28)25(3)20(18)14-17(21)2)22(27)24-7-8-26-9-12-29-13-10-26/h14-16H,4-13H2,1-3H3,(H,24,27). The third-order valence-electron chi connectivity index (χ3n) is 5.59. The fourth-order valence-corrected chi connectivity index (χ4v) is 3.70. The molecule has 0 radical (unpaired) electrons. The van der Waals surface area contributed by atoms with Gasteiger partial charge in [-0.15, -0.1) is 0 Å². The van der Waals surface area contributed by atoms with Crippen LogP contribution in [0.3, 0.4) is 0 Å².